The number of nitrogens with zero attached hydrogens (tertiary/aromatic N) is 2. The molecule has 16 heavy (non-hydrogen) atoms. The smallest absolute Gasteiger partial charge is 0.0664 e. The Hall–Kier alpha value is -0.570. The molecule has 3 heteroatoms. The van der Waals surface area contributed by atoms with Crippen molar-refractivity contribution in [2.75, 3.05) is 5.33 Å². The zero-order valence-electron chi connectivity index (χ0n) is 10.4. The van der Waals surface area contributed by atoms with Gasteiger partial charge in [-0.1, -0.05) is 34.5 Å². The van der Waals surface area contributed by atoms with Crippen LogP contribution in [-0.4, -0.2) is 15.1 Å². The molecular formula is C13H21BrN2. The summed E-state index contributed by atoms with van der Waals surface area (Å²) in [4.78, 5) is 0. The van der Waals surface area contributed by atoms with E-state index < -0.39 is 0 Å². The van der Waals surface area contributed by atoms with Crippen molar-refractivity contribution in [1.82, 2.24) is 9.78 Å². The van der Waals surface area contributed by atoms with Gasteiger partial charge in [0.2, 0.25) is 0 Å². The maximum absolute atomic E-state index is 4.59. The molecule has 0 amide bonds. The first kappa shape index (κ1) is 13.5. The second kappa shape index (κ2) is 6.89. The van der Waals surface area contributed by atoms with E-state index in [4.69, 9.17) is 0 Å². The van der Waals surface area contributed by atoms with Crippen molar-refractivity contribution in [3.63, 3.8) is 0 Å². The van der Waals surface area contributed by atoms with Crippen molar-refractivity contribution in [2.45, 2.75) is 46.1 Å². The number of rotatable bonds is 6. The molecule has 0 bridgehead atoms. The largest absolute Gasteiger partial charge is 0.270 e. The predicted molar refractivity (Wildman–Crippen MR) is 73.1 cm³/mol. The van der Waals surface area contributed by atoms with Gasteiger partial charge < -0.3 is 0 Å². The number of aromatic nitrogens is 2. The van der Waals surface area contributed by atoms with Gasteiger partial charge in [-0.25, -0.2) is 0 Å². The molecule has 0 saturated carbocycles. The minimum atomic E-state index is 0.501. The normalized spacial score (nSPS) is 14.1. The average Bonchev–Trinajstić information content (AvgIpc) is 2.73. The Morgan fingerprint density at radius 2 is 2.38 bits per heavy atom. The molecule has 0 spiro atoms. The number of hydrogen-bond donors (Lipinski definition) is 0. The first-order chi connectivity index (χ1) is 7.67. The van der Waals surface area contributed by atoms with Gasteiger partial charge in [-0.15, -0.1) is 0 Å². The van der Waals surface area contributed by atoms with Crippen molar-refractivity contribution >= 4 is 15.9 Å². The van der Waals surface area contributed by atoms with Crippen molar-refractivity contribution in [3.05, 3.63) is 29.6 Å². The quantitative estimate of drug-likeness (QED) is 0.567. The Balaban J connectivity index is 2.58. The van der Waals surface area contributed by atoms with Crippen LogP contribution < -0.4 is 0 Å². The first-order valence-corrected chi connectivity index (χ1v) is 7.05. The van der Waals surface area contributed by atoms with Crippen LogP contribution in [0, 0.1) is 0 Å². The highest BCUT2D eigenvalue weighted by Crippen LogP contribution is 2.12. The maximum atomic E-state index is 4.59. The third-order valence-corrected chi connectivity index (χ3v) is 3.23. The molecule has 90 valence electrons. The molecule has 0 N–H and O–H groups in total. The molecule has 0 aromatic carbocycles. The van der Waals surface area contributed by atoms with Gasteiger partial charge in [0, 0.05) is 24.0 Å². The molecule has 1 unspecified atom stereocenters. The Morgan fingerprint density at radius 3 is 3.00 bits per heavy atom. The van der Waals surface area contributed by atoms with Crippen molar-refractivity contribution in [1.29, 1.82) is 0 Å². The molecule has 1 aromatic heterocycles. The molecule has 0 aliphatic carbocycles. The van der Waals surface area contributed by atoms with E-state index in [0.29, 0.717) is 6.04 Å². The molecule has 1 rings (SSSR count). The van der Waals surface area contributed by atoms with Crippen LogP contribution in [-0.2, 0) is 6.42 Å². The van der Waals surface area contributed by atoms with Gasteiger partial charge in [-0.3, -0.25) is 4.68 Å². The summed E-state index contributed by atoms with van der Waals surface area (Å²) in [5, 5.41) is 5.63. The fraction of sp³-hybridized carbons (Fsp3) is 0.615. The molecule has 1 heterocycles. The predicted octanol–water partition coefficient (Wildman–Crippen LogP) is 4.13. The second-order valence-corrected chi connectivity index (χ2v) is 5.04. The van der Waals surface area contributed by atoms with E-state index in [2.05, 4.69) is 64.8 Å². The highest BCUT2D eigenvalue weighted by molar-refractivity contribution is 9.09. The molecule has 0 aliphatic heterocycles. The van der Waals surface area contributed by atoms with Crippen molar-refractivity contribution in [3.8, 4) is 0 Å². The second-order valence-electron chi connectivity index (χ2n) is 4.25. The van der Waals surface area contributed by atoms with Crippen LogP contribution >= 0.6 is 15.9 Å². The molecule has 0 aliphatic rings. The summed E-state index contributed by atoms with van der Waals surface area (Å²) in [6.45, 7) is 6.56. The summed E-state index contributed by atoms with van der Waals surface area (Å²) in [7, 11) is 0. The number of allylic oxidation sites excluding steroid dienone is 2. The van der Waals surface area contributed by atoms with Gasteiger partial charge in [-0.05, 0) is 32.8 Å². The lowest BCUT2D eigenvalue weighted by Crippen LogP contribution is -2.04. The fourth-order valence-corrected chi connectivity index (χ4v) is 1.79. The number of halogens is 1. The van der Waals surface area contributed by atoms with Crippen LogP contribution in [0.15, 0.2) is 23.9 Å². The Labute approximate surface area is 107 Å². The van der Waals surface area contributed by atoms with Gasteiger partial charge in [0.1, 0.15) is 0 Å². The molecule has 1 aromatic rings. The molecule has 0 saturated heterocycles. The Bertz CT molecular complexity index is 341. The van der Waals surface area contributed by atoms with Gasteiger partial charge >= 0.3 is 0 Å². The Morgan fingerprint density at radius 1 is 1.62 bits per heavy atom. The SMILES string of the molecule is CCC(C)n1ccc(CC(C)=CCCBr)n1. The van der Waals surface area contributed by atoms with E-state index in [9.17, 15) is 0 Å². The third kappa shape index (κ3) is 4.12. The van der Waals surface area contributed by atoms with Gasteiger partial charge in [0.25, 0.3) is 0 Å². The summed E-state index contributed by atoms with van der Waals surface area (Å²) < 4.78 is 2.06. The van der Waals surface area contributed by atoms with Crippen LogP contribution in [0.25, 0.3) is 0 Å². The first-order valence-electron chi connectivity index (χ1n) is 5.93. The molecule has 0 fully saturated rings. The topological polar surface area (TPSA) is 17.8 Å². The summed E-state index contributed by atoms with van der Waals surface area (Å²) in [5.74, 6) is 0. The summed E-state index contributed by atoms with van der Waals surface area (Å²) in [6, 6.07) is 2.62. The monoisotopic (exact) mass is 284 g/mol. The zero-order valence-corrected chi connectivity index (χ0v) is 12.0. The lowest BCUT2D eigenvalue weighted by Gasteiger charge is -2.08. The molecule has 0 radical (unpaired) electrons. The average molecular weight is 285 g/mol. The third-order valence-electron chi connectivity index (χ3n) is 2.77. The summed E-state index contributed by atoms with van der Waals surface area (Å²) in [5.41, 5.74) is 2.57. The molecular weight excluding hydrogens is 264 g/mol. The van der Waals surface area contributed by atoms with Crippen LogP contribution in [0.1, 0.15) is 45.3 Å². The number of alkyl halides is 1. The van der Waals surface area contributed by atoms with Crippen molar-refractivity contribution < 1.29 is 0 Å². The van der Waals surface area contributed by atoms with E-state index in [1.807, 2.05) is 0 Å². The van der Waals surface area contributed by atoms with Gasteiger partial charge in [-0.2, -0.15) is 5.10 Å². The maximum Gasteiger partial charge on any atom is 0.0664 e. The zero-order chi connectivity index (χ0) is 12.0. The van der Waals surface area contributed by atoms with E-state index >= 15 is 0 Å². The minimum absolute atomic E-state index is 0.501. The van der Waals surface area contributed by atoms with Crippen molar-refractivity contribution in [2.24, 2.45) is 0 Å². The van der Waals surface area contributed by atoms with Gasteiger partial charge in [0.05, 0.1) is 5.69 Å². The van der Waals surface area contributed by atoms with E-state index in [0.717, 1.165) is 24.6 Å². The fourth-order valence-electron chi connectivity index (χ4n) is 1.56. The lowest BCUT2D eigenvalue weighted by molar-refractivity contribution is 0.474. The number of hydrogen-bond acceptors (Lipinski definition) is 1. The molecule has 2 nitrogen and oxygen atoms in total. The Kier molecular flexibility index (Phi) is 5.81. The van der Waals surface area contributed by atoms with Crippen LogP contribution in [0.2, 0.25) is 0 Å². The minimum Gasteiger partial charge on any atom is -0.270 e. The van der Waals surface area contributed by atoms with E-state index in [-0.39, 0.29) is 0 Å². The van der Waals surface area contributed by atoms with E-state index in [1.54, 1.807) is 0 Å². The van der Waals surface area contributed by atoms with Crippen LogP contribution in [0.3, 0.4) is 0 Å². The lowest BCUT2D eigenvalue weighted by atomic mass is 10.1. The van der Waals surface area contributed by atoms with Crippen LogP contribution in [0.4, 0.5) is 0 Å². The highest BCUT2D eigenvalue weighted by atomic mass is 79.9. The highest BCUT2D eigenvalue weighted by Gasteiger charge is 2.04. The summed E-state index contributed by atoms with van der Waals surface area (Å²) >= 11 is 3.43. The van der Waals surface area contributed by atoms with Gasteiger partial charge in [0.15, 0.2) is 0 Å². The standard InChI is InChI=1S/C13H21BrN2/c1-4-12(3)16-9-7-13(15-16)10-11(2)6-5-8-14/h6-7,9,12H,4-5,8,10H2,1-3H3. The molecule has 1 atom stereocenters. The van der Waals surface area contributed by atoms with E-state index in [1.165, 1.54) is 11.3 Å². The van der Waals surface area contributed by atoms with Crippen LogP contribution in [0.5, 0.6) is 0 Å². The summed E-state index contributed by atoms with van der Waals surface area (Å²) in [6.07, 6.45) is 7.55.